The summed E-state index contributed by atoms with van der Waals surface area (Å²) < 4.78 is 0. The number of para-hydroxylation sites is 2. The summed E-state index contributed by atoms with van der Waals surface area (Å²) in [5.41, 5.74) is 3.54. The van der Waals surface area contributed by atoms with Crippen molar-refractivity contribution in [3.05, 3.63) is 96.1 Å². The Bertz CT molecular complexity index is 709. The predicted molar refractivity (Wildman–Crippen MR) is 90.5 cm³/mol. The molecule has 0 spiro atoms. The molecule has 0 aliphatic heterocycles. The van der Waals surface area contributed by atoms with Gasteiger partial charge < -0.3 is 0 Å². The lowest BCUT2D eigenvalue weighted by atomic mass is 10.1. The number of carbonyl (C=O) groups excluding carboxylic acids is 1. The molecule has 0 fully saturated rings. The maximum absolute atomic E-state index is 13.0. The first-order valence-electron chi connectivity index (χ1n) is 7.27. The molecule has 3 aromatic carbocycles. The van der Waals surface area contributed by atoms with Crippen molar-refractivity contribution in [2.45, 2.75) is 6.92 Å². The van der Waals surface area contributed by atoms with Gasteiger partial charge in [-0.2, -0.15) is 0 Å². The van der Waals surface area contributed by atoms with E-state index < -0.39 is 0 Å². The third kappa shape index (κ3) is 2.91. The van der Waals surface area contributed by atoms with Crippen molar-refractivity contribution in [1.29, 1.82) is 0 Å². The highest BCUT2D eigenvalue weighted by Crippen LogP contribution is 2.27. The minimum absolute atomic E-state index is 0.0302. The highest BCUT2D eigenvalue weighted by molar-refractivity contribution is 6.10. The van der Waals surface area contributed by atoms with Crippen molar-refractivity contribution in [3.8, 4) is 0 Å². The first kappa shape index (κ1) is 14.1. The van der Waals surface area contributed by atoms with Gasteiger partial charge in [0.1, 0.15) is 0 Å². The molecule has 0 saturated heterocycles. The maximum atomic E-state index is 13.0. The second kappa shape index (κ2) is 6.27. The first-order valence-corrected chi connectivity index (χ1v) is 7.27. The number of rotatable bonds is 3. The van der Waals surface area contributed by atoms with Crippen LogP contribution in [0.2, 0.25) is 0 Å². The zero-order chi connectivity index (χ0) is 15.4. The summed E-state index contributed by atoms with van der Waals surface area (Å²) in [6, 6.07) is 27.1. The average molecular weight is 287 g/mol. The van der Waals surface area contributed by atoms with Crippen LogP contribution in [0.4, 0.5) is 11.4 Å². The van der Waals surface area contributed by atoms with Crippen molar-refractivity contribution >= 4 is 17.3 Å². The number of anilines is 2. The molecule has 0 aromatic heterocycles. The van der Waals surface area contributed by atoms with Crippen molar-refractivity contribution in [3.63, 3.8) is 0 Å². The summed E-state index contributed by atoms with van der Waals surface area (Å²) in [7, 11) is 0. The van der Waals surface area contributed by atoms with E-state index in [2.05, 4.69) is 0 Å². The van der Waals surface area contributed by atoms with Crippen LogP contribution in [0.25, 0.3) is 0 Å². The van der Waals surface area contributed by atoms with Crippen molar-refractivity contribution in [2.24, 2.45) is 0 Å². The van der Waals surface area contributed by atoms with Gasteiger partial charge in [-0.3, -0.25) is 9.69 Å². The van der Waals surface area contributed by atoms with E-state index in [1.807, 2.05) is 91.9 Å². The van der Waals surface area contributed by atoms with Gasteiger partial charge in [0.05, 0.1) is 0 Å². The third-order valence-corrected chi connectivity index (χ3v) is 3.53. The lowest BCUT2D eigenvalue weighted by Gasteiger charge is -2.23. The number of amides is 1. The van der Waals surface area contributed by atoms with Crippen LogP contribution in [-0.4, -0.2) is 5.91 Å². The Morgan fingerprint density at radius 1 is 0.682 bits per heavy atom. The van der Waals surface area contributed by atoms with E-state index in [-0.39, 0.29) is 5.91 Å². The Morgan fingerprint density at radius 3 is 1.59 bits per heavy atom. The zero-order valence-corrected chi connectivity index (χ0v) is 12.4. The van der Waals surface area contributed by atoms with Gasteiger partial charge in [0.15, 0.2) is 0 Å². The van der Waals surface area contributed by atoms with Crippen molar-refractivity contribution < 1.29 is 4.79 Å². The molecule has 2 nitrogen and oxygen atoms in total. The molecule has 108 valence electrons. The maximum Gasteiger partial charge on any atom is 0.262 e. The SMILES string of the molecule is Cc1ccc(C(=O)N(c2ccccc2)c2ccccc2)cc1. The van der Waals surface area contributed by atoms with Gasteiger partial charge in [0.2, 0.25) is 0 Å². The first-order chi connectivity index (χ1) is 10.8. The molecule has 0 N–H and O–H groups in total. The summed E-state index contributed by atoms with van der Waals surface area (Å²) in [4.78, 5) is 14.7. The molecular weight excluding hydrogens is 270 g/mol. The number of hydrogen-bond acceptors (Lipinski definition) is 1. The minimum atomic E-state index is -0.0302. The molecule has 0 radical (unpaired) electrons. The Hall–Kier alpha value is -2.87. The number of benzene rings is 3. The summed E-state index contributed by atoms with van der Waals surface area (Å²) in [5.74, 6) is -0.0302. The molecule has 22 heavy (non-hydrogen) atoms. The average Bonchev–Trinajstić information content (AvgIpc) is 2.57. The van der Waals surface area contributed by atoms with Gasteiger partial charge in [0.25, 0.3) is 5.91 Å². The van der Waals surface area contributed by atoms with E-state index >= 15 is 0 Å². The van der Waals surface area contributed by atoms with Crippen LogP contribution < -0.4 is 4.90 Å². The third-order valence-electron chi connectivity index (χ3n) is 3.53. The van der Waals surface area contributed by atoms with Crippen LogP contribution in [0.5, 0.6) is 0 Å². The van der Waals surface area contributed by atoms with E-state index in [1.54, 1.807) is 4.90 Å². The molecule has 0 aliphatic carbocycles. The second-order valence-electron chi connectivity index (χ2n) is 5.18. The molecule has 2 heteroatoms. The normalized spacial score (nSPS) is 10.2. The largest absolute Gasteiger partial charge is 0.277 e. The fraction of sp³-hybridized carbons (Fsp3) is 0.0500. The monoisotopic (exact) mass is 287 g/mol. The van der Waals surface area contributed by atoms with E-state index in [9.17, 15) is 4.79 Å². The molecule has 0 heterocycles. The zero-order valence-electron chi connectivity index (χ0n) is 12.4. The second-order valence-corrected chi connectivity index (χ2v) is 5.18. The number of nitrogens with zero attached hydrogens (tertiary/aromatic N) is 1. The van der Waals surface area contributed by atoms with Gasteiger partial charge in [0, 0.05) is 16.9 Å². The van der Waals surface area contributed by atoms with E-state index in [0.717, 1.165) is 16.9 Å². The van der Waals surface area contributed by atoms with Gasteiger partial charge in [-0.1, -0.05) is 54.1 Å². The smallest absolute Gasteiger partial charge is 0.262 e. The Balaban J connectivity index is 2.06. The summed E-state index contributed by atoms with van der Waals surface area (Å²) in [6.07, 6.45) is 0. The fourth-order valence-corrected chi connectivity index (χ4v) is 2.36. The van der Waals surface area contributed by atoms with E-state index in [1.165, 1.54) is 0 Å². The molecule has 0 bridgehead atoms. The Kier molecular flexibility index (Phi) is 4.01. The molecule has 0 unspecified atom stereocenters. The topological polar surface area (TPSA) is 20.3 Å². The summed E-state index contributed by atoms with van der Waals surface area (Å²) in [6.45, 7) is 2.01. The lowest BCUT2D eigenvalue weighted by molar-refractivity contribution is 0.0999. The van der Waals surface area contributed by atoms with Gasteiger partial charge in [-0.25, -0.2) is 0 Å². The standard InChI is InChI=1S/C20H17NO/c1-16-12-14-17(15-13-16)20(22)21(18-8-4-2-5-9-18)19-10-6-3-7-11-19/h2-15H,1H3. The van der Waals surface area contributed by atoms with Crippen LogP contribution in [-0.2, 0) is 0 Å². The van der Waals surface area contributed by atoms with Crippen LogP contribution in [0.1, 0.15) is 15.9 Å². The summed E-state index contributed by atoms with van der Waals surface area (Å²) >= 11 is 0. The molecule has 1 amide bonds. The molecule has 0 atom stereocenters. The molecular formula is C20H17NO. The molecule has 0 aliphatic rings. The van der Waals surface area contributed by atoms with E-state index in [0.29, 0.717) is 5.56 Å². The molecule has 0 saturated carbocycles. The summed E-state index contributed by atoms with van der Waals surface area (Å²) in [5, 5.41) is 0. The number of carbonyl (C=O) groups is 1. The van der Waals surface area contributed by atoms with Crippen molar-refractivity contribution in [2.75, 3.05) is 4.90 Å². The van der Waals surface area contributed by atoms with Crippen LogP contribution in [0, 0.1) is 6.92 Å². The minimum Gasteiger partial charge on any atom is -0.277 e. The number of hydrogen-bond donors (Lipinski definition) is 0. The predicted octanol–water partition coefficient (Wildman–Crippen LogP) is 4.97. The van der Waals surface area contributed by atoms with Gasteiger partial charge in [-0.05, 0) is 43.3 Å². The van der Waals surface area contributed by atoms with Crippen LogP contribution in [0.15, 0.2) is 84.9 Å². The highest BCUT2D eigenvalue weighted by Gasteiger charge is 2.19. The van der Waals surface area contributed by atoms with Crippen LogP contribution in [0.3, 0.4) is 0 Å². The quantitative estimate of drug-likeness (QED) is 0.665. The molecule has 3 rings (SSSR count). The highest BCUT2D eigenvalue weighted by atomic mass is 16.2. The lowest BCUT2D eigenvalue weighted by Crippen LogP contribution is -2.25. The van der Waals surface area contributed by atoms with Gasteiger partial charge >= 0.3 is 0 Å². The Labute approximate surface area is 130 Å². The fourth-order valence-electron chi connectivity index (χ4n) is 2.36. The molecule has 3 aromatic rings. The van der Waals surface area contributed by atoms with Crippen LogP contribution >= 0.6 is 0 Å². The Morgan fingerprint density at radius 2 is 1.14 bits per heavy atom. The van der Waals surface area contributed by atoms with Gasteiger partial charge in [-0.15, -0.1) is 0 Å². The van der Waals surface area contributed by atoms with Crippen molar-refractivity contribution in [1.82, 2.24) is 0 Å². The number of aryl methyl sites for hydroxylation is 1. The van der Waals surface area contributed by atoms with E-state index in [4.69, 9.17) is 0 Å².